The van der Waals surface area contributed by atoms with Crippen molar-refractivity contribution in [1.82, 2.24) is 9.88 Å². The topological polar surface area (TPSA) is 63.7 Å². The zero-order valence-corrected chi connectivity index (χ0v) is 16.8. The van der Waals surface area contributed by atoms with Gasteiger partial charge in [-0.25, -0.2) is 4.98 Å². The van der Waals surface area contributed by atoms with Gasteiger partial charge in [-0.05, 0) is 43.7 Å². The third kappa shape index (κ3) is 3.81. The molecule has 3 aromatic rings. The maximum absolute atomic E-state index is 12.6. The molecule has 1 atom stereocenters. The summed E-state index contributed by atoms with van der Waals surface area (Å²) in [7, 11) is 3.17. The average molecular weight is 398 g/mol. The Kier molecular flexibility index (Phi) is 5.45. The lowest BCUT2D eigenvalue weighted by Crippen LogP contribution is -2.32. The number of para-hydroxylation sites is 1. The highest BCUT2D eigenvalue weighted by Crippen LogP contribution is 2.36. The van der Waals surface area contributed by atoms with Crippen LogP contribution in [0.4, 0.5) is 5.69 Å². The van der Waals surface area contributed by atoms with Gasteiger partial charge < -0.3 is 14.8 Å². The zero-order chi connectivity index (χ0) is 19.5. The highest BCUT2D eigenvalue weighted by Gasteiger charge is 2.30. The van der Waals surface area contributed by atoms with Crippen LogP contribution in [0.15, 0.2) is 42.5 Å². The zero-order valence-electron chi connectivity index (χ0n) is 16.0. The van der Waals surface area contributed by atoms with Crippen LogP contribution in [0.1, 0.15) is 23.9 Å². The molecule has 146 valence electrons. The number of benzene rings is 2. The van der Waals surface area contributed by atoms with Crippen LogP contribution in [0.2, 0.25) is 0 Å². The number of carbonyl (C=O) groups excluding carboxylic acids is 1. The van der Waals surface area contributed by atoms with Gasteiger partial charge in [0.15, 0.2) is 11.5 Å². The van der Waals surface area contributed by atoms with Gasteiger partial charge in [-0.2, -0.15) is 0 Å². The Hall–Kier alpha value is -2.64. The Labute approximate surface area is 168 Å². The van der Waals surface area contributed by atoms with Gasteiger partial charge in [0.05, 0.1) is 37.0 Å². The van der Waals surface area contributed by atoms with E-state index in [-0.39, 0.29) is 11.9 Å². The van der Waals surface area contributed by atoms with E-state index >= 15 is 0 Å². The molecular formula is C21H23N3O3S. The van der Waals surface area contributed by atoms with Crippen LogP contribution in [-0.4, -0.2) is 43.1 Å². The van der Waals surface area contributed by atoms with E-state index in [1.807, 2.05) is 24.3 Å². The number of ether oxygens (including phenoxy) is 2. The van der Waals surface area contributed by atoms with Gasteiger partial charge in [-0.1, -0.05) is 12.1 Å². The minimum Gasteiger partial charge on any atom is -0.493 e. The van der Waals surface area contributed by atoms with Crippen LogP contribution in [0.3, 0.4) is 0 Å². The Balaban J connectivity index is 1.45. The van der Waals surface area contributed by atoms with E-state index in [1.165, 1.54) is 4.70 Å². The molecule has 0 bridgehead atoms. The van der Waals surface area contributed by atoms with E-state index in [0.717, 1.165) is 29.9 Å². The number of nitrogens with zero attached hydrogens (tertiary/aromatic N) is 2. The first-order chi connectivity index (χ1) is 13.7. The molecule has 28 heavy (non-hydrogen) atoms. The van der Waals surface area contributed by atoms with E-state index < -0.39 is 0 Å². The second-order valence-electron chi connectivity index (χ2n) is 6.77. The quantitative estimate of drug-likeness (QED) is 0.679. The molecular weight excluding hydrogens is 374 g/mol. The third-order valence-electron chi connectivity index (χ3n) is 4.97. The smallest absolute Gasteiger partial charge is 0.238 e. The van der Waals surface area contributed by atoms with Crippen molar-refractivity contribution in [2.45, 2.75) is 18.9 Å². The first-order valence-corrected chi connectivity index (χ1v) is 10.1. The minimum absolute atomic E-state index is 0.0415. The summed E-state index contributed by atoms with van der Waals surface area (Å²) in [5.41, 5.74) is 1.72. The van der Waals surface area contributed by atoms with Gasteiger partial charge in [0.2, 0.25) is 5.91 Å². The maximum atomic E-state index is 12.6. The summed E-state index contributed by atoms with van der Waals surface area (Å²) in [4.78, 5) is 19.6. The second kappa shape index (κ2) is 8.16. The van der Waals surface area contributed by atoms with Crippen LogP contribution >= 0.6 is 11.3 Å². The SMILES string of the molecule is COc1ccc(NC(=O)CN2CCC[C@H]2c2nc3ccccc3s2)cc1OC. The summed E-state index contributed by atoms with van der Waals surface area (Å²) >= 11 is 1.72. The Morgan fingerprint density at radius 1 is 1.21 bits per heavy atom. The normalized spacial score (nSPS) is 17.0. The lowest BCUT2D eigenvalue weighted by atomic mass is 10.2. The standard InChI is InChI=1S/C21H23N3O3S/c1-26-17-10-9-14(12-18(17)27-2)22-20(25)13-24-11-5-7-16(24)21-23-15-6-3-4-8-19(15)28-21/h3-4,6,8-10,12,16H,5,7,11,13H2,1-2H3,(H,22,25)/t16-/m0/s1. The number of methoxy groups -OCH3 is 2. The highest BCUT2D eigenvalue weighted by molar-refractivity contribution is 7.18. The maximum Gasteiger partial charge on any atom is 0.238 e. The summed E-state index contributed by atoms with van der Waals surface area (Å²) in [6.07, 6.45) is 2.10. The van der Waals surface area contributed by atoms with E-state index in [2.05, 4.69) is 16.3 Å². The van der Waals surface area contributed by atoms with Crippen molar-refractivity contribution in [3.05, 3.63) is 47.5 Å². The molecule has 1 aliphatic rings. The van der Waals surface area contributed by atoms with Crippen LogP contribution < -0.4 is 14.8 Å². The molecule has 1 saturated heterocycles. The molecule has 2 aromatic carbocycles. The molecule has 1 N–H and O–H groups in total. The molecule has 1 aromatic heterocycles. The summed E-state index contributed by atoms with van der Waals surface area (Å²) in [5, 5.41) is 4.06. The molecule has 6 nitrogen and oxygen atoms in total. The van der Waals surface area contributed by atoms with Crippen molar-refractivity contribution >= 4 is 33.1 Å². The lowest BCUT2D eigenvalue weighted by molar-refractivity contribution is -0.117. The second-order valence-corrected chi connectivity index (χ2v) is 7.83. The molecule has 1 aliphatic heterocycles. The van der Waals surface area contributed by atoms with Gasteiger partial charge in [0.25, 0.3) is 0 Å². The molecule has 0 radical (unpaired) electrons. The van der Waals surface area contributed by atoms with Crippen molar-refractivity contribution in [2.75, 3.05) is 32.6 Å². The Bertz CT molecular complexity index is 955. The molecule has 1 amide bonds. The largest absolute Gasteiger partial charge is 0.493 e. The summed E-state index contributed by atoms with van der Waals surface area (Å²) in [5.74, 6) is 1.19. The minimum atomic E-state index is -0.0415. The van der Waals surface area contributed by atoms with Gasteiger partial charge in [0, 0.05) is 11.8 Å². The number of carbonyl (C=O) groups is 1. The fourth-order valence-electron chi connectivity index (χ4n) is 3.63. The van der Waals surface area contributed by atoms with Crippen molar-refractivity contribution in [2.24, 2.45) is 0 Å². The molecule has 4 rings (SSSR count). The number of nitrogens with one attached hydrogen (secondary N) is 1. The Morgan fingerprint density at radius 3 is 2.82 bits per heavy atom. The van der Waals surface area contributed by atoms with Crippen molar-refractivity contribution < 1.29 is 14.3 Å². The molecule has 0 unspecified atom stereocenters. The van der Waals surface area contributed by atoms with E-state index in [1.54, 1.807) is 37.7 Å². The summed E-state index contributed by atoms with van der Waals surface area (Å²) < 4.78 is 11.7. The molecule has 2 heterocycles. The molecule has 7 heteroatoms. The number of likely N-dealkylation sites (tertiary alicyclic amines) is 1. The summed E-state index contributed by atoms with van der Waals surface area (Å²) in [6.45, 7) is 1.24. The van der Waals surface area contributed by atoms with Gasteiger partial charge in [0.1, 0.15) is 5.01 Å². The monoisotopic (exact) mass is 397 g/mol. The average Bonchev–Trinajstić information content (AvgIpc) is 3.33. The number of aromatic nitrogens is 1. The van der Waals surface area contributed by atoms with E-state index in [9.17, 15) is 4.79 Å². The third-order valence-corrected chi connectivity index (χ3v) is 6.11. The highest BCUT2D eigenvalue weighted by atomic mass is 32.1. The van der Waals surface area contributed by atoms with Crippen LogP contribution in [0, 0.1) is 0 Å². The van der Waals surface area contributed by atoms with Crippen LogP contribution in [0.25, 0.3) is 10.2 Å². The van der Waals surface area contributed by atoms with E-state index in [4.69, 9.17) is 14.5 Å². The molecule has 0 saturated carbocycles. The first kappa shape index (κ1) is 18.7. The van der Waals surface area contributed by atoms with Crippen molar-refractivity contribution in [3.63, 3.8) is 0 Å². The number of fused-ring (bicyclic) bond motifs is 1. The number of anilines is 1. The van der Waals surface area contributed by atoms with E-state index in [0.29, 0.717) is 23.7 Å². The van der Waals surface area contributed by atoms with Gasteiger partial charge in [-0.15, -0.1) is 11.3 Å². The fourth-order valence-corrected chi connectivity index (χ4v) is 4.76. The van der Waals surface area contributed by atoms with Crippen LogP contribution in [0.5, 0.6) is 11.5 Å². The number of hydrogen-bond donors (Lipinski definition) is 1. The lowest BCUT2D eigenvalue weighted by Gasteiger charge is -2.22. The first-order valence-electron chi connectivity index (χ1n) is 9.29. The Morgan fingerprint density at radius 2 is 2.04 bits per heavy atom. The number of thiazole rings is 1. The van der Waals surface area contributed by atoms with Crippen LogP contribution in [-0.2, 0) is 4.79 Å². The predicted molar refractivity (Wildman–Crippen MR) is 111 cm³/mol. The molecule has 0 spiro atoms. The van der Waals surface area contributed by atoms with Gasteiger partial charge >= 0.3 is 0 Å². The van der Waals surface area contributed by atoms with Crippen molar-refractivity contribution in [3.8, 4) is 11.5 Å². The molecule has 1 fully saturated rings. The summed E-state index contributed by atoms with van der Waals surface area (Å²) in [6, 6.07) is 13.8. The fraction of sp³-hybridized carbons (Fsp3) is 0.333. The van der Waals surface area contributed by atoms with Gasteiger partial charge in [-0.3, -0.25) is 9.69 Å². The number of rotatable bonds is 6. The predicted octanol–water partition coefficient (Wildman–Crippen LogP) is 4.09. The van der Waals surface area contributed by atoms with Crippen molar-refractivity contribution in [1.29, 1.82) is 0 Å². The molecule has 0 aliphatic carbocycles. The number of amides is 1. The number of hydrogen-bond acceptors (Lipinski definition) is 6.